The van der Waals surface area contributed by atoms with Crippen molar-refractivity contribution >= 4 is 0 Å². The summed E-state index contributed by atoms with van der Waals surface area (Å²) in [6.07, 6.45) is 56.6. The summed E-state index contributed by atoms with van der Waals surface area (Å²) in [5, 5.41) is 0. The molecule has 2 fully saturated rings. The van der Waals surface area contributed by atoms with Crippen LogP contribution in [0.2, 0.25) is 0 Å². The molecule has 0 spiro atoms. The molecular formula is C60H70. The molecule has 2 saturated carbocycles. The Hall–Kier alpha value is -3.90. The fraction of sp³-hybridized carbons (Fsp3) is 0.500. The van der Waals surface area contributed by atoms with Gasteiger partial charge in [0.25, 0.3) is 0 Å². The standard InChI is InChI=1S/C60H70/c1-7-18-45-38(3)55(42-32-33-49-48-23-14-15-27-53(48)59(5,6)54(49)35-42)46-21-9-10-22-47(37(46)2)56(45)40-28-30-41(31-29-40)57-50-24-11-8-20-44(50)39(4)58(52-26-13-12-25-51(52)57)60-34-17-16-19-43(60)36-60/h7-10,12-15,17-18,20-23,25-31,34-35,37-39,43-48,50-51,53,55-57H,11,16,19,24,32-33,36H2,1-6H3. The zero-order chi connectivity index (χ0) is 40.9. The molecule has 1 aromatic rings. The van der Waals surface area contributed by atoms with Crippen LogP contribution >= 0.6 is 0 Å². The molecule has 0 heteroatoms. The maximum absolute atomic E-state index is 2.76. The van der Waals surface area contributed by atoms with Crippen molar-refractivity contribution in [3.63, 3.8) is 0 Å². The molecule has 0 saturated heterocycles. The van der Waals surface area contributed by atoms with E-state index in [4.69, 9.17) is 0 Å². The number of benzene rings is 1. The minimum Gasteiger partial charge on any atom is -0.0914 e. The van der Waals surface area contributed by atoms with Crippen LogP contribution in [0.25, 0.3) is 0 Å². The molecule has 0 aliphatic heterocycles. The van der Waals surface area contributed by atoms with Crippen molar-refractivity contribution in [2.75, 3.05) is 0 Å². The van der Waals surface area contributed by atoms with E-state index >= 15 is 0 Å². The van der Waals surface area contributed by atoms with Crippen LogP contribution in [0, 0.1) is 87.8 Å². The highest BCUT2D eigenvalue weighted by Crippen LogP contribution is 2.69. The second kappa shape index (κ2) is 14.9. The molecule has 11 rings (SSSR count). The normalized spacial score (nSPS) is 44.1. The Kier molecular flexibility index (Phi) is 9.67. The summed E-state index contributed by atoms with van der Waals surface area (Å²) in [6.45, 7) is 15.2. The van der Waals surface area contributed by atoms with E-state index in [1.807, 2.05) is 0 Å². The van der Waals surface area contributed by atoms with Gasteiger partial charge in [0.05, 0.1) is 0 Å². The second-order valence-corrected chi connectivity index (χ2v) is 21.8. The largest absolute Gasteiger partial charge is 0.0914 e. The molecule has 310 valence electrons. The third kappa shape index (κ3) is 5.88. The van der Waals surface area contributed by atoms with Gasteiger partial charge in [-0.25, -0.2) is 0 Å². The first-order valence-corrected chi connectivity index (χ1v) is 24.5. The molecule has 16 atom stereocenters. The fourth-order valence-electron chi connectivity index (χ4n) is 16.1. The Morgan fingerprint density at radius 3 is 2.15 bits per heavy atom. The molecule has 16 unspecified atom stereocenters. The molecule has 0 N–H and O–H groups in total. The van der Waals surface area contributed by atoms with E-state index in [2.05, 4.69) is 181 Å². The minimum absolute atomic E-state index is 0.168. The van der Waals surface area contributed by atoms with Gasteiger partial charge in [-0.1, -0.05) is 191 Å². The molecular weight excluding hydrogens is 721 g/mol. The topological polar surface area (TPSA) is 0 Å². The van der Waals surface area contributed by atoms with Gasteiger partial charge in [0.15, 0.2) is 0 Å². The maximum atomic E-state index is 2.76. The predicted molar refractivity (Wildman–Crippen MR) is 253 cm³/mol. The summed E-state index contributed by atoms with van der Waals surface area (Å²) in [5.41, 5.74) is 12.1. The molecule has 0 nitrogen and oxygen atoms in total. The molecule has 60 heavy (non-hydrogen) atoms. The molecule has 2 bridgehead atoms. The van der Waals surface area contributed by atoms with E-state index in [0.717, 1.165) is 5.92 Å². The van der Waals surface area contributed by atoms with Crippen molar-refractivity contribution in [2.45, 2.75) is 98.3 Å². The Balaban J connectivity index is 0.974. The van der Waals surface area contributed by atoms with Gasteiger partial charge in [0, 0.05) is 17.3 Å². The Morgan fingerprint density at radius 1 is 0.667 bits per heavy atom. The highest BCUT2D eigenvalue weighted by atomic mass is 14.6. The first-order chi connectivity index (χ1) is 29.2. The molecule has 0 aromatic heterocycles. The summed E-state index contributed by atoms with van der Waals surface area (Å²) in [4.78, 5) is 0. The van der Waals surface area contributed by atoms with Gasteiger partial charge in [-0.2, -0.15) is 0 Å². The number of hydrogen-bond donors (Lipinski definition) is 0. The molecule has 0 heterocycles. The lowest BCUT2D eigenvalue weighted by molar-refractivity contribution is 0.238. The highest BCUT2D eigenvalue weighted by Gasteiger charge is 2.59. The number of rotatable bonds is 5. The summed E-state index contributed by atoms with van der Waals surface area (Å²) < 4.78 is 0. The first kappa shape index (κ1) is 39.0. The van der Waals surface area contributed by atoms with E-state index in [-0.39, 0.29) is 5.41 Å². The summed E-state index contributed by atoms with van der Waals surface area (Å²) in [7, 11) is 0. The summed E-state index contributed by atoms with van der Waals surface area (Å²) >= 11 is 0. The van der Waals surface area contributed by atoms with Crippen molar-refractivity contribution in [3.05, 3.63) is 179 Å². The Bertz CT molecular complexity index is 2260. The quantitative estimate of drug-likeness (QED) is 0.261. The van der Waals surface area contributed by atoms with E-state index in [1.54, 1.807) is 39.0 Å². The van der Waals surface area contributed by atoms with Gasteiger partial charge < -0.3 is 0 Å². The van der Waals surface area contributed by atoms with Crippen molar-refractivity contribution in [1.29, 1.82) is 0 Å². The number of fused-ring (bicyclic) bond motifs is 7. The van der Waals surface area contributed by atoms with Crippen LogP contribution in [-0.2, 0) is 0 Å². The number of hydrogen-bond acceptors (Lipinski definition) is 0. The minimum atomic E-state index is 0.168. The van der Waals surface area contributed by atoms with Gasteiger partial charge in [0.2, 0.25) is 0 Å². The fourth-order valence-corrected chi connectivity index (χ4v) is 16.1. The Labute approximate surface area is 363 Å². The van der Waals surface area contributed by atoms with Crippen molar-refractivity contribution in [1.82, 2.24) is 0 Å². The van der Waals surface area contributed by atoms with Crippen LogP contribution in [0.5, 0.6) is 0 Å². The van der Waals surface area contributed by atoms with Gasteiger partial charge in [0.1, 0.15) is 0 Å². The molecule has 10 aliphatic rings. The van der Waals surface area contributed by atoms with Gasteiger partial charge in [-0.05, 0) is 156 Å². The van der Waals surface area contributed by atoms with Crippen molar-refractivity contribution in [2.24, 2.45) is 87.8 Å². The van der Waals surface area contributed by atoms with Gasteiger partial charge in [-0.3, -0.25) is 0 Å². The first-order valence-electron chi connectivity index (χ1n) is 24.5. The average molecular weight is 791 g/mol. The zero-order valence-corrected chi connectivity index (χ0v) is 37.4. The van der Waals surface area contributed by atoms with Crippen LogP contribution in [0.4, 0.5) is 0 Å². The predicted octanol–water partition coefficient (Wildman–Crippen LogP) is 15.3. The molecule has 10 aliphatic carbocycles. The molecule has 0 amide bonds. The SMILES string of the molecule is CC=CC1C(C)C(C2=CC3=C(CC2)C2C=CC=CC2C3(C)C)C2C=CC=CC(C2C)C1c1ccc(C2C3C=CC=CC3=C(C34C=CCCC3C4)C(C)C3C=CCCC32)cc1. The molecule has 1 aromatic carbocycles. The lowest BCUT2D eigenvalue weighted by atomic mass is 9.65. The van der Waals surface area contributed by atoms with Crippen LogP contribution in [-0.4, -0.2) is 0 Å². The maximum Gasteiger partial charge on any atom is 0.0131 e. The average Bonchev–Trinajstić information content (AvgIpc) is 4.03. The van der Waals surface area contributed by atoms with E-state index < -0.39 is 0 Å². The van der Waals surface area contributed by atoms with Crippen molar-refractivity contribution < 1.29 is 0 Å². The van der Waals surface area contributed by atoms with Gasteiger partial charge in [-0.15, -0.1) is 0 Å². The Morgan fingerprint density at radius 2 is 1.37 bits per heavy atom. The lowest BCUT2D eigenvalue weighted by Crippen LogP contribution is -2.30. The van der Waals surface area contributed by atoms with E-state index in [0.29, 0.717) is 88.3 Å². The van der Waals surface area contributed by atoms with Crippen LogP contribution < -0.4 is 0 Å². The lowest BCUT2D eigenvalue weighted by Gasteiger charge is -2.39. The van der Waals surface area contributed by atoms with Gasteiger partial charge >= 0.3 is 0 Å². The van der Waals surface area contributed by atoms with Crippen molar-refractivity contribution in [3.8, 4) is 0 Å². The van der Waals surface area contributed by atoms with Crippen LogP contribution in [0.15, 0.2) is 168 Å². The highest BCUT2D eigenvalue weighted by molar-refractivity contribution is 5.52. The summed E-state index contributed by atoms with van der Waals surface area (Å²) in [6, 6.07) is 10.5. The monoisotopic (exact) mass is 791 g/mol. The van der Waals surface area contributed by atoms with E-state index in [9.17, 15) is 0 Å². The third-order valence-corrected chi connectivity index (χ3v) is 18.9. The van der Waals surface area contributed by atoms with Crippen LogP contribution in [0.1, 0.15) is 109 Å². The number of allylic oxidation sites excluding steroid dienone is 24. The van der Waals surface area contributed by atoms with E-state index in [1.165, 1.54) is 44.9 Å². The smallest absolute Gasteiger partial charge is 0.0131 e. The van der Waals surface area contributed by atoms with Crippen LogP contribution in [0.3, 0.4) is 0 Å². The second-order valence-electron chi connectivity index (χ2n) is 21.8. The zero-order valence-electron chi connectivity index (χ0n) is 37.4. The third-order valence-electron chi connectivity index (χ3n) is 18.9. The summed E-state index contributed by atoms with van der Waals surface area (Å²) in [5.74, 6) is 8.27. The molecule has 0 radical (unpaired) electrons.